The minimum atomic E-state index is -0.702. The predicted molar refractivity (Wildman–Crippen MR) is 136 cm³/mol. The van der Waals surface area contributed by atoms with E-state index in [1.54, 1.807) is 35.2 Å². The number of nitrogens with one attached hydrogen (secondary N) is 2. The van der Waals surface area contributed by atoms with Crippen molar-refractivity contribution in [2.24, 2.45) is 11.8 Å². The van der Waals surface area contributed by atoms with E-state index in [9.17, 15) is 19.2 Å². The number of carbonyl (C=O) groups excluding carboxylic acids is 4. The lowest BCUT2D eigenvalue weighted by molar-refractivity contribution is -0.159. The van der Waals surface area contributed by atoms with Crippen LogP contribution in [0.1, 0.15) is 66.6 Å². The summed E-state index contributed by atoms with van der Waals surface area (Å²) in [5.74, 6) is -0.548. The van der Waals surface area contributed by atoms with Crippen LogP contribution in [0.5, 0.6) is 11.5 Å². The van der Waals surface area contributed by atoms with Crippen LogP contribution in [0.4, 0.5) is 5.69 Å². The number of hydroxylamine groups is 1. The van der Waals surface area contributed by atoms with Crippen molar-refractivity contribution in [3.05, 3.63) is 53.1 Å². The van der Waals surface area contributed by atoms with Gasteiger partial charge in [0.2, 0.25) is 5.91 Å². The summed E-state index contributed by atoms with van der Waals surface area (Å²) < 4.78 is 11.1. The average molecular weight is 522 g/mol. The fraction of sp³-hybridized carbons (Fsp3) is 0.429. The molecule has 2 fully saturated rings. The topological polar surface area (TPSA) is 123 Å². The Bertz CT molecular complexity index is 1270. The molecule has 10 nitrogen and oxygen atoms in total. The van der Waals surface area contributed by atoms with Crippen molar-refractivity contribution in [1.82, 2.24) is 10.4 Å². The Hall–Kier alpha value is -4.08. The largest absolute Gasteiger partial charge is 0.493 e. The van der Waals surface area contributed by atoms with Crippen LogP contribution in [0.3, 0.4) is 0 Å². The third kappa shape index (κ3) is 5.44. The van der Waals surface area contributed by atoms with E-state index in [1.165, 1.54) is 7.11 Å². The number of rotatable bonds is 10. The van der Waals surface area contributed by atoms with Crippen molar-refractivity contribution in [2.45, 2.75) is 51.6 Å². The molecule has 0 radical (unpaired) electrons. The molecule has 2 aromatic carbocycles. The van der Waals surface area contributed by atoms with Gasteiger partial charge in [-0.1, -0.05) is 18.2 Å². The van der Waals surface area contributed by atoms with Crippen LogP contribution in [0.15, 0.2) is 36.4 Å². The third-order valence-electron chi connectivity index (χ3n) is 6.98. The first-order valence-electron chi connectivity index (χ1n) is 12.9. The number of anilines is 1. The van der Waals surface area contributed by atoms with Gasteiger partial charge in [0.05, 0.1) is 43.3 Å². The summed E-state index contributed by atoms with van der Waals surface area (Å²) in [6, 6.07) is 9.93. The molecule has 1 aliphatic heterocycles. The first-order chi connectivity index (χ1) is 18.4. The molecule has 38 heavy (non-hydrogen) atoms. The number of amides is 3. The molecule has 0 spiro atoms. The summed E-state index contributed by atoms with van der Waals surface area (Å²) in [7, 11) is 1.54. The highest BCUT2D eigenvalue weighted by Gasteiger charge is 2.38. The number of fused-ring (bicyclic) bond motifs is 1. The highest BCUT2D eigenvalue weighted by molar-refractivity contribution is 6.07. The Morgan fingerprint density at radius 3 is 2.50 bits per heavy atom. The zero-order chi connectivity index (χ0) is 26.8. The molecule has 3 aliphatic rings. The minimum Gasteiger partial charge on any atom is -0.493 e. The third-order valence-corrected chi connectivity index (χ3v) is 6.98. The van der Waals surface area contributed by atoms with E-state index in [1.807, 2.05) is 13.0 Å². The summed E-state index contributed by atoms with van der Waals surface area (Å²) in [6.45, 7) is 2.50. The molecule has 2 saturated carbocycles. The lowest BCUT2D eigenvalue weighted by Gasteiger charge is -2.28. The second-order valence-electron chi connectivity index (χ2n) is 9.82. The van der Waals surface area contributed by atoms with E-state index in [2.05, 4.69) is 10.8 Å². The van der Waals surface area contributed by atoms with E-state index in [0.29, 0.717) is 34.9 Å². The molecule has 5 rings (SSSR count). The molecule has 200 valence electrons. The lowest BCUT2D eigenvalue weighted by Crippen LogP contribution is -2.35. The van der Waals surface area contributed by atoms with Crippen LogP contribution in [-0.4, -0.2) is 42.3 Å². The summed E-state index contributed by atoms with van der Waals surface area (Å²) in [6.07, 6.45) is 3.05. The number of benzene rings is 2. The van der Waals surface area contributed by atoms with E-state index in [-0.39, 0.29) is 36.6 Å². The number of hydrogen-bond donors (Lipinski definition) is 2. The number of methoxy groups -OCH3 is 1. The molecule has 3 amide bonds. The molecule has 0 unspecified atom stereocenters. The Labute approximate surface area is 220 Å². The van der Waals surface area contributed by atoms with Crippen molar-refractivity contribution in [3.8, 4) is 11.5 Å². The molecule has 1 heterocycles. The summed E-state index contributed by atoms with van der Waals surface area (Å²) in [5, 5.41) is 2.91. The Balaban J connectivity index is 1.42. The Morgan fingerprint density at radius 2 is 1.82 bits per heavy atom. The fourth-order valence-electron chi connectivity index (χ4n) is 4.62. The Morgan fingerprint density at radius 1 is 1.05 bits per heavy atom. The van der Waals surface area contributed by atoms with Crippen molar-refractivity contribution in [2.75, 3.05) is 19.0 Å². The van der Waals surface area contributed by atoms with Crippen molar-refractivity contribution in [3.63, 3.8) is 0 Å². The van der Waals surface area contributed by atoms with E-state index < -0.39 is 17.9 Å². The molecule has 2 aliphatic carbocycles. The molecule has 1 atom stereocenters. The van der Waals surface area contributed by atoms with Gasteiger partial charge in [0, 0.05) is 12.5 Å². The minimum absolute atomic E-state index is 0.00968. The van der Waals surface area contributed by atoms with E-state index >= 15 is 0 Å². The molecule has 0 saturated heterocycles. The SMILES string of the molecule is CCOc1cc([C@@H](CC(=O)NOC(=O)C2CC2)N2Cc3cccc(NC(=O)C4CC4)c3C2=O)ccc1OC. The molecule has 0 bridgehead atoms. The van der Waals surface area contributed by atoms with Gasteiger partial charge in [0.15, 0.2) is 11.5 Å². The van der Waals surface area contributed by atoms with E-state index in [4.69, 9.17) is 14.3 Å². The summed E-state index contributed by atoms with van der Waals surface area (Å²) in [5.41, 5.74) is 4.55. The second kappa shape index (κ2) is 10.7. The average Bonchev–Trinajstić information content (AvgIpc) is 3.83. The van der Waals surface area contributed by atoms with Crippen molar-refractivity contribution < 1.29 is 33.5 Å². The van der Waals surface area contributed by atoms with Crippen LogP contribution in [0.2, 0.25) is 0 Å². The summed E-state index contributed by atoms with van der Waals surface area (Å²) in [4.78, 5) is 57.6. The van der Waals surface area contributed by atoms with Crippen molar-refractivity contribution in [1.29, 1.82) is 0 Å². The number of ether oxygens (including phenoxy) is 2. The maximum absolute atomic E-state index is 13.8. The van der Waals surface area contributed by atoms with Gasteiger partial charge in [-0.25, -0.2) is 4.79 Å². The second-order valence-corrected chi connectivity index (χ2v) is 9.82. The molecule has 2 aromatic rings. The van der Waals surface area contributed by atoms with Crippen LogP contribution >= 0.6 is 0 Å². The van der Waals surface area contributed by atoms with Gasteiger partial charge in [-0.3, -0.25) is 14.4 Å². The van der Waals surface area contributed by atoms with Gasteiger partial charge in [-0.15, -0.1) is 0 Å². The zero-order valence-electron chi connectivity index (χ0n) is 21.5. The van der Waals surface area contributed by atoms with Crippen LogP contribution < -0.4 is 20.3 Å². The molecule has 0 aromatic heterocycles. The first kappa shape index (κ1) is 25.6. The maximum Gasteiger partial charge on any atom is 0.335 e. The maximum atomic E-state index is 13.8. The quantitative estimate of drug-likeness (QED) is 0.459. The number of carbonyl (C=O) groups is 4. The fourth-order valence-corrected chi connectivity index (χ4v) is 4.62. The Kier molecular flexibility index (Phi) is 7.22. The van der Waals surface area contributed by atoms with E-state index in [0.717, 1.165) is 31.2 Å². The van der Waals surface area contributed by atoms with Crippen LogP contribution in [0, 0.1) is 11.8 Å². The van der Waals surface area contributed by atoms with Gasteiger partial charge < -0.3 is 24.5 Å². The zero-order valence-corrected chi connectivity index (χ0v) is 21.5. The smallest absolute Gasteiger partial charge is 0.335 e. The van der Waals surface area contributed by atoms with Crippen molar-refractivity contribution >= 4 is 29.4 Å². The molecular formula is C28H31N3O7. The van der Waals surface area contributed by atoms with Gasteiger partial charge >= 0.3 is 5.97 Å². The lowest BCUT2D eigenvalue weighted by atomic mass is 10.0. The highest BCUT2D eigenvalue weighted by atomic mass is 16.7. The monoisotopic (exact) mass is 521 g/mol. The van der Waals surface area contributed by atoms with Gasteiger partial charge in [0.1, 0.15) is 0 Å². The summed E-state index contributed by atoms with van der Waals surface area (Å²) >= 11 is 0. The van der Waals surface area contributed by atoms with Gasteiger partial charge in [-0.05, 0) is 61.9 Å². The predicted octanol–water partition coefficient (Wildman–Crippen LogP) is 3.51. The molecule has 2 N–H and O–H groups in total. The molecular weight excluding hydrogens is 490 g/mol. The van der Waals surface area contributed by atoms with Gasteiger partial charge in [-0.2, -0.15) is 5.48 Å². The van der Waals surface area contributed by atoms with Crippen LogP contribution in [0.25, 0.3) is 0 Å². The number of nitrogens with zero attached hydrogens (tertiary/aromatic N) is 1. The highest BCUT2D eigenvalue weighted by Crippen LogP contribution is 2.40. The van der Waals surface area contributed by atoms with Gasteiger partial charge in [0.25, 0.3) is 11.8 Å². The standard InChI is InChI=1S/C28H31N3O7/c1-3-37-23-13-18(11-12-22(23)36-2)21(14-24(32)30-38-28(35)17-9-10-17)31-15-19-5-4-6-20(25(19)27(31)34)29-26(33)16-7-8-16/h4-6,11-13,16-17,21H,3,7-10,14-15H2,1-2H3,(H,29,33)(H,30,32)/t21-/m1/s1. The first-order valence-corrected chi connectivity index (χ1v) is 12.9. The normalized spacial score (nSPS) is 16.9. The molecule has 10 heteroatoms. The van der Waals surface area contributed by atoms with Crippen LogP contribution in [-0.2, 0) is 25.8 Å². The number of hydrogen-bond acceptors (Lipinski definition) is 7.